The minimum Gasteiger partial charge on any atom is -0.486 e. The number of rotatable bonds is 5. The van der Waals surface area contributed by atoms with Crippen LogP contribution >= 0.6 is 11.6 Å². The van der Waals surface area contributed by atoms with Crippen LogP contribution in [0, 0.1) is 5.82 Å². The summed E-state index contributed by atoms with van der Waals surface area (Å²) in [6.07, 6.45) is 0.173. The molecule has 0 saturated heterocycles. The van der Waals surface area contributed by atoms with Gasteiger partial charge < -0.3 is 4.74 Å². The summed E-state index contributed by atoms with van der Waals surface area (Å²) in [5, 5.41) is 0.0225. The first-order valence-electron chi connectivity index (χ1n) is 5.78. The van der Waals surface area contributed by atoms with E-state index in [1.165, 1.54) is 12.1 Å². The molecule has 0 heterocycles. The van der Waals surface area contributed by atoms with Gasteiger partial charge in [0.1, 0.15) is 18.2 Å². The molecule has 98 valence electrons. The van der Waals surface area contributed by atoms with Crippen LogP contribution in [-0.2, 0) is 11.2 Å². The van der Waals surface area contributed by atoms with E-state index in [2.05, 4.69) is 0 Å². The van der Waals surface area contributed by atoms with Crippen LogP contribution in [0.1, 0.15) is 5.56 Å². The molecule has 0 aliphatic rings. The van der Waals surface area contributed by atoms with Crippen molar-refractivity contribution in [1.29, 1.82) is 0 Å². The molecule has 2 rings (SSSR count). The van der Waals surface area contributed by atoms with Crippen molar-refractivity contribution in [2.45, 2.75) is 6.42 Å². The highest BCUT2D eigenvalue weighted by Gasteiger charge is 2.07. The minimum absolute atomic E-state index is 0.0149. The van der Waals surface area contributed by atoms with Crippen LogP contribution in [0.5, 0.6) is 5.75 Å². The lowest BCUT2D eigenvalue weighted by Crippen LogP contribution is -2.13. The Labute approximate surface area is 115 Å². The second-order valence-corrected chi connectivity index (χ2v) is 4.47. The molecule has 0 amide bonds. The Morgan fingerprint density at radius 3 is 2.58 bits per heavy atom. The van der Waals surface area contributed by atoms with Crippen molar-refractivity contribution in [3.63, 3.8) is 0 Å². The third-order valence-electron chi connectivity index (χ3n) is 2.53. The Balaban J connectivity index is 1.89. The molecule has 4 heteroatoms. The van der Waals surface area contributed by atoms with Crippen molar-refractivity contribution >= 4 is 17.4 Å². The number of carbonyl (C=O) groups is 1. The average Bonchev–Trinajstić information content (AvgIpc) is 2.42. The number of Topliss-reactive ketones (excluding diaryl/α,β-unsaturated/α-hetero) is 1. The molecule has 0 aromatic heterocycles. The summed E-state index contributed by atoms with van der Waals surface area (Å²) < 4.78 is 18.3. The van der Waals surface area contributed by atoms with Gasteiger partial charge in [-0.1, -0.05) is 35.9 Å². The smallest absolute Gasteiger partial charge is 0.174 e. The van der Waals surface area contributed by atoms with Crippen LogP contribution in [0.3, 0.4) is 0 Å². The fourth-order valence-corrected chi connectivity index (χ4v) is 1.81. The van der Waals surface area contributed by atoms with Gasteiger partial charge in [-0.05, 0) is 29.8 Å². The van der Waals surface area contributed by atoms with Gasteiger partial charge in [-0.25, -0.2) is 4.39 Å². The predicted octanol–water partition coefficient (Wildman–Crippen LogP) is 3.67. The summed E-state index contributed by atoms with van der Waals surface area (Å²) in [6.45, 7) is -0.0149. The van der Waals surface area contributed by atoms with Crippen molar-refractivity contribution in [1.82, 2.24) is 0 Å². The average molecular weight is 279 g/mol. The third kappa shape index (κ3) is 4.07. The second-order valence-electron chi connectivity index (χ2n) is 4.07. The first-order chi connectivity index (χ1) is 9.15. The van der Waals surface area contributed by atoms with E-state index in [1.807, 2.05) is 18.2 Å². The quantitative estimate of drug-likeness (QED) is 0.834. The van der Waals surface area contributed by atoms with Gasteiger partial charge in [0.25, 0.3) is 0 Å². The summed E-state index contributed by atoms with van der Waals surface area (Å²) in [7, 11) is 0. The SMILES string of the molecule is O=C(COc1ccccc1)Cc1ccc(F)c(Cl)c1. The molecule has 0 aliphatic carbocycles. The van der Waals surface area contributed by atoms with Crippen LogP contribution < -0.4 is 4.74 Å². The lowest BCUT2D eigenvalue weighted by molar-refractivity contribution is -0.120. The zero-order chi connectivity index (χ0) is 13.7. The lowest BCUT2D eigenvalue weighted by atomic mass is 10.1. The summed E-state index contributed by atoms with van der Waals surface area (Å²) in [6, 6.07) is 13.3. The largest absolute Gasteiger partial charge is 0.486 e. The Morgan fingerprint density at radius 2 is 1.89 bits per heavy atom. The van der Waals surface area contributed by atoms with E-state index in [0.717, 1.165) is 0 Å². The van der Waals surface area contributed by atoms with E-state index in [1.54, 1.807) is 18.2 Å². The molecule has 0 unspecified atom stereocenters. The molecule has 0 atom stereocenters. The lowest BCUT2D eigenvalue weighted by Gasteiger charge is -2.05. The zero-order valence-corrected chi connectivity index (χ0v) is 10.9. The van der Waals surface area contributed by atoms with Gasteiger partial charge in [0.05, 0.1) is 5.02 Å². The van der Waals surface area contributed by atoms with Gasteiger partial charge in [0.2, 0.25) is 0 Å². The fourth-order valence-electron chi connectivity index (χ4n) is 1.61. The first-order valence-corrected chi connectivity index (χ1v) is 6.16. The number of para-hydroxylation sites is 1. The highest BCUT2D eigenvalue weighted by atomic mass is 35.5. The Bertz CT molecular complexity index is 570. The molecule has 0 N–H and O–H groups in total. The maximum absolute atomic E-state index is 13.0. The van der Waals surface area contributed by atoms with E-state index in [0.29, 0.717) is 11.3 Å². The number of hydrogen-bond acceptors (Lipinski definition) is 2. The van der Waals surface area contributed by atoms with Gasteiger partial charge >= 0.3 is 0 Å². The molecule has 0 aliphatic heterocycles. The Morgan fingerprint density at radius 1 is 1.16 bits per heavy atom. The molecular weight excluding hydrogens is 267 g/mol. The topological polar surface area (TPSA) is 26.3 Å². The summed E-state index contributed by atoms with van der Waals surface area (Å²) in [5.41, 5.74) is 0.674. The van der Waals surface area contributed by atoms with Crippen molar-refractivity contribution in [3.8, 4) is 5.75 Å². The van der Waals surface area contributed by atoms with Crippen LogP contribution in [0.15, 0.2) is 48.5 Å². The van der Waals surface area contributed by atoms with E-state index >= 15 is 0 Å². The molecule has 19 heavy (non-hydrogen) atoms. The monoisotopic (exact) mass is 278 g/mol. The zero-order valence-electron chi connectivity index (χ0n) is 10.1. The molecule has 0 spiro atoms. The molecule has 2 nitrogen and oxygen atoms in total. The number of carbonyl (C=O) groups excluding carboxylic acids is 1. The van der Waals surface area contributed by atoms with Crippen molar-refractivity contribution in [3.05, 3.63) is 64.9 Å². The fraction of sp³-hybridized carbons (Fsp3) is 0.133. The van der Waals surface area contributed by atoms with Crippen LogP contribution in [-0.4, -0.2) is 12.4 Å². The van der Waals surface area contributed by atoms with Crippen LogP contribution in [0.4, 0.5) is 4.39 Å². The highest BCUT2D eigenvalue weighted by molar-refractivity contribution is 6.30. The van der Waals surface area contributed by atoms with E-state index < -0.39 is 5.82 Å². The van der Waals surface area contributed by atoms with Crippen molar-refractivity contribution in [2.24, 2.45) is 0 Å². The summed E-state index contributed by atoms with van der Waals surface area (Å²) in [4.78, 5) is 11.7. The molecule has 2 aromatic rings. The Hall–Kier alpha value is -1.87. The number of ether oxygens (including phenoxy) is 1. The molecule has 2 aromatic carbocycles. The molecule has 0 fully saturated rings. The van der Waals surface area contributed by atoms with Crippen LogP contribution in [0.2, 0.25) is 5.02 Å². The molecule has 0 bridgehead atoms. The number of benzene rings is 2. The summed E-state index contributed by atoms with van der Waals surface area (Å²) in [5.74, 6) is 0.0675. The normalized spacial score (nSPS) is 10.2. The molecule has 0 saturated carbocycles. The predicted molar refractivity (Wildman–Crippen MR) is 72.1 cm³/mol. The second kappa shape index (κ2) is 6.34. The van der Waals surface area contributed by atoms with E-state index in [9.17, 15) is 9.18 Å². The Kier molecular flexibility index (Phi) is 4.53. The van der Waals surface area contributed by atoms with Gasteiger partial charge in [-0.15, -0.1) is 0 Å². The standard InChI is InChI=1S/C15H12ClFO2/c16-14-9-11(6-7-15(14)17)8-12(18)10-19-13-4-2-1-3-5-13/h1-7,9H,8,10H2. The molecular formula is C15H12ClFO2. The van der Waals surface area contributed by atoms with Gasteiger partial charge in [-0.3, -0.25) is 4.79 Å². The van der Waals surface area contributed by atoms with Gasteiger partial charge in [-0.2, -0.15) is 0 Å². The van der Waals surface area contributed by atoms with Gasteiger partial charge in [0.15, 0.2) is 5.78 Å². The highest BCUT2D eigenvalue weighted by Crippen LogP contribution is 2.16. The summed E-state index contributed by atoms with van der Waals surface area (Å²) >= 11 is 5.65. The third-order valence-corrected chi connectivity index (χ3v) is 2.82. The van der Waals surface area contributed by atoms with Crippen LogP contribution in [0.25, 0.3) is 0 Å². The minimum atomic E-state index is -0.488. The maximum Gasteiger partial charge on any atom is 0.174 e. The van der Waals surface area contributed by atoms with Crippen molar-refractivity contribution < 1.29 is 13.9 Å². The number of hydrogen-bond donors (Lipinski definition) is 0. The number of halogens is 2. The van der Waals surface area contributed by atoms with E-state index in [-0.39, 0.29) is 23.8 Å². The number of ketones is 1. The van der Waals surface area contributed by atoms with Gasteiger partial charge in [0, 0.05) is 6.42 Å². The first kappa shape index (κ1) is 13.6. The van der Waals surface area contributed by atoms with Crippen molar-refractivity contribution in [2.75, 3.05) is 6.61 Å². The van der Waals surface area contributed by atoms with E-state index in [4.69, 9.17) is 16.3 Å². The molecule has 0 radical (unpaired) electrons. The maximum atomic E-state index is 13.0.